The van der Waals surface area contributed by atoms with E-state index in [4.69, 9.17) is 0 Å². The summed E-state index contributed by atoms with van der Waals surface area (Å²) in [6.45, 7) is 2.00. The Morgan fingerprint density at radius 1 is 1.05 bits per heavy atom. The molecule has 0 aliphatic heterocycles. The highest BCUT2D eigenvalue weighted by Gasteiger charge is 2.14. The zero-order valence-electron chi connectivity index (χ0n) is 10.7. The molecular weight excluding hydrogens is 246 g/mol. The number of hydrogen-bond donors (Lipinski definition) is 1. The van der Waals surface area contributed by atoms with Crippen LogP contribution in [0.5, 0.6) is 0 Å². The highest BCUT2D eigenvalue weighted by atomic mass is 19.1. The average molecular weight is 262 g/mol. The molecule has 0 aromatic heterocycles. The lowest BCUT2D eigenvalue weighted by Gasteiger charge is -2.15. The van der Waals surface area contributed by atoms with Gasteiger partial charge in [0.2, 0.25) is 0 Å². The quantitative estimate of drug-likeness (QED) is 0.888. The third-order valence-electron chi connectivity index (χ3n) is 3.22. The molecule has 1 unspecified atom stereocenters. The first-order chi connectivity index (χ1) is 9.11. The molecule has 0 fully saturated rings. The van der Waals surface area contributed by atoms with Gasteiger partial charge in [-0.2, -0.15) is 0 Å². The maximum absolute atomic E-state index is 13.6. The zero-order chi connectivity index (χ0) is 13.8. The number of aryl methyl sites for hydroxylation is 1. The first kappa shape index (κ1) is 13.7. The van der Waals surface area contributed by atoms with Gasteiger partial charge in [0.05, 0.1) is 6.10 Å². The van der Waals surface area contributed by atoms with E-state index in [-0.39, 0.29) is 6.42 Å². The van der Waals surface area contributed by atoms with Gasteiger partial charge in [0.25, 0.3) is 0 Å². The van der Waals surface area contributed by atoms with Crippen molar-refractivity contribution in [3.8, 4) is 0 Å². The van der Waals surface area contributed by atoms with E-state index in [2.05, 4.69) is 0 Å². The van der Waals surface area contributed by atoms with Gasteiger partial charge in [0.15, 0.2) is 0 Å². The van der Waals surface area contributed by atoms with E-state index in [1.165, 1.54) is 12.1 Å². The molecule has 1 atom stereocenters. The van der Waals surface area contributed by atoms with E-state index in [9.17, 15) is 13.9 Å². The van der Waals surface area contributed by atoms with Crippen LogP contribution in [0.1, 0.15) is 29.7 Å². The van der Waals surface area contributed by atoms with Crippen LogP contribution in [-0.2, 0) is 12.8 Å². The lowest BCUT2D eigenvalue weighted by Crippen LogP contribution is -2.06. The largest absolute Gasteiger partial charge is 0.388 e. The smallest absolute Gasteiger partial charge is 0.129 e. The Bertz CT molecular complexity index is 566. The number of halogens is 2. The Labute approximate surface area is 111 Å². The molecule has 1 N–H and O–H groups in total. The molecule has 0 saturated heterocycles. The van der Waals surface area contributed by atoms with Gasteiger partial charge in [-0.3, -0.25) is 0 Å². The van der Waals surface area contributed by atoms with Crippen molar-refractivity contribution in [3.05, 3.63) is 70.8 Å². The number of hydrogen-bond acceptors (Lipinski definition) is 1. The minimum Gasteiger partial charge on any atom is -0.388 e. The fourth-order valence-corrected chi connectivity index (χ4v) is 2.19. The monoisotopic (exact) mass is 262 g/mol. The molecule has 0 spiro atoms. The molecule has 3 heteroatoms. The number of benzene rings is 2. The SMILES string of the molecule is CCc1ccccc1C(O)Cc1ccc(F)cc1F. The molecule has 0 amide bonds. The van der Waals surface area contributed by atoms with Crippen LogP contribution in [0, 0.1) is 11.6 Å². The Balaban J connectivity index is 2.23. The third kappa shape index (κ3) is 3.18. The predicted molar refractivity (Wildman–Crippen MR) is 70.8 cm³/mol. The lowest BCUT2D eigenvalue weighted by molar-refractivity contribution is 0.176. The highest BCUT2D eigenvalue weighted by molar-refractivity contribution is 5.31. The fourth-order valence-electron chi connectivity index (χ4n) is 2.19. The molecule has 2 aromatic rings. The van der Waals surface area contributed by atoms with Crippen molar-refractivity contribution in [1.82, 2.24) is 0 Å². The van der Waals surface area contributed by atoms with Crippen LogP contribution in [0.3, 0.4) is 0 Å². The van der Waals surface area contributed by atoms with Crippen LogP contribution in [0.2, 0.25) is 0 Å². The predicted octanol–water partition coefficient (Wildman–Crippen LogP) is 3.80. The Hall–Kier alpha value is -1.74. The van der Waals surface area contributed by atoms with Gasteiger partial charge in [-0.15, -0.1) is 0 Å². The maximum atomic E-state index is 13.6. The second-order valence-corrected chi connectivity index (χ2v) is 4.51. The van der Waals surface area contributed by atoms with Crippen molar-refractivity contribution >= 4 is 0 Å². The van der Waals surface area contributed by atoms with Crippen LogP contribution in [0.15, 0.2) is 42.5 Å². The zero-order valence-corrected chi connectivity index (χ0v) is 10.7. The normalized spacial score (nSPS) is 12.4. The molecule has 1 nitrogen and oxygen atoms in total. The van der Waals surface area contributed by atoms with Crippen LogP contribution in [-0.4, -0.2) is 5.11 Å². The second kappa shape index (κ2) is 5.93. The van der Waals surface area contributed by atoms with Gasteiger partial charge in [-0.25, -0.2) is 8.78 Å². The topological polar surface area (TPSA) is 20.2 Å². The summed E-state index contributed by atoms with van der Waals surface area (Å²) in [5.74, 6) is -1.22. The second-order valence-electron chi connectivity index (χ2n) is 4.51. The van der Waals surface area contributed by atoms with Crippen molar-refractivity contribution < 1.29 is 13.9 Å². The van der Waals surface area contributed by atoms with Crippen molar-refractivity contribution in [3.63, 3.8) is 0 Å². The Morgan fingerprint density at radius 3 is 2.47 bits per heavy atom. The summed E-state index contributed by atoms with van der Waals surface area (Å²) in [7, 11) is 0. The van der Waals surface area contributed by atoms with E-state index in [0.717, 1.165) is 23.6 Å². The van der Waals surface area contributed by atoms with Crippen molar-refractivity contribution in [2.45, 2.75) is 25.9 Å². The molecule has 0 heterocycles. The molecule has 2 aromatic carbocycles. The summed E-state index contributed by atoms with van der Waals surface area (Å²) < 4.78 is 26.4. The summed E-state index contributed by atoms with van der Waals surface area (Å²) in [5, 5.41) is 10.2. The van der Waals surface area contributed by atoms with Gasteiger partial charge in [-0.1, -0.05) is 37.3 Å². The average Bonchev–Trinajstić information content (AvgIpc) is 2.41. The Morgan fingerprint density at radius 2 is 1.79 bits per heavy atom. The molecular formula is C16H16F2O. The van der Waals surface area contributed by atoms with Crippen molar-refractivity contribution in [2.75, 3.05) is 0 Å². The molecule has 0 bridgehead atoms. The van der Waals surface area contributed by atoms with Crippen LogP contribution >= 0.6 is 0 Å². The van der Waals surface area contributed by atoms with Crippen LogP contribution < -0.4 is 0 Å². The van der Waals surface area contributed by atoms with Gasteiger partial charge in [0, 0.05) is 12.5 Å². The standard InChI is InChI=1S/C16H16F2O/c1-2-11-5-3-4-6-14(11)16(19)9-12-7-8-13(17)10-15(12)18/h3-8,10,16,19H,2,9H2,1H3. The van der Waals surface area contributed by atoms with E-state index in [1.54, 1.807) is 0 Å². The summed E-state index contributed by atoms with van der Waals surface area (Å²) in [5.41, 5.74) is 2.16. The van der Waals surface area contributed by atoms with E-state index in [0.29, 0.717) is 5.56 Å². The van der Waals surface area contributed by atoms with Gasteiger partial charge in [0.1, 0.15) is 11.6 Å². The first-order valence-electron chi connectivity index (χ1n) is 6.31. The lowest BCUT2D eigenvalue weighted by atomic mass is 9.96. The summed E-state index contributed by atoms with van der Waals surface area (Å²) in [6.07, 6.45) is 0.165. The summed E-state index contributed by atoms with van der Waals surface area (Å²) >= 11 is 0. The first-order valence-corrected chi connectivity index (χ1v) is 6.31. The number of aliphatic hydroxyl groups is 1. The molecule has 19 heavy (non-hydrogen) atoms. The van der Waals surface area contributed by atoms with Crippen molar-refractivity contribution in [1.29, 1.82) is 0 Å². The fraction of sp³-hybridized carbons (Fsp3) is 0.250. The van der Waals surface area contributed by atoms with Gasteiger partial charge >= 0.3 is 0 Å². The molecule has 0 aliphatic rings. The summed E-state index contributed by atoms with van der Waals surface area (Å²) in [4.78, 5) is 0. The third-order valence-corrected chi connectivity index (χ3v) is 3.22. The minimum atomic E-state index is -0.781. The maximum Gasteiger partial charge on any atom is 0.129 e. The van der Waals surface area contributed by atoms with E-state index >= 15 is 0 Å². The molecule has 0 aliphatic carbocycles. The van der Waals surface area contributed by atoms with Gasteiger partial charge in [-0.05, 0) is 29.2 Å². The molecule has 0 radical (unpaired) electrons. The van der Waals surface area contributed by atoms with E-state index < -0.39 is 17.7 Å². The van der Waals surface area contributed by atoms with Crippen LogP contribution in [0.25, 0.3) is 0 Å². The van der Waals surface area contributed by atoms with Gasteiger partial charge < -0.3 is 5.11 Å². The van der Waals surface area contributed by atoms with Crippen molar-refractivity contribution in [2.24, 2.45) is 0 Å². The number of rotatable bonds is 4. The summed E-state index contributed by atoms with van der Waals surface area (Å²) in [6, 6.07) is 11.0. The Kier molecular flexibility index (Phi) is 4.27. The van der Waals surface area contributed by atoms with E-state index in [1.807, 2.05) is 31.2 Å². The molecule has 2 rings (SSSR count). The molecule has 0 saturated carbocycles. The molecule has 100 valence electrons. The van der Waals surface area contributed by atoms with Crippen LogP contribution in [0.4, 0.5) is 8.78 Å². The minimum absolute atomic E-state index is 0.142. The number of aliphatic hydroxyl groups excluding tert-OH is 1. The highest BCUT2D eigenvalue weighted by Crippen LogP contribution is 2.23.